The van der Waals surface area contributed by atoms with Crippen LogP contribution in [0.15, 0.2) is 82.2 Å². The van der Waals surface area contributed by atoms with E-state index in [1.54, 1.807) is 11.0 Å². The molecule has 3 aromatic carbocycles. The standard InChI is InChI=1S/C28H23BrN2O4S/c29-23-9-5-20(6-10-23)18-35-24-11-7-19(8-12-24)15-25-27(33)31(28(34)36-25)17-26(32)30-14-13-21-3-1-2-4-22(21)16-30/h1-12,15H,13-14,16-18H2/b25-15-. The molecule has 1 fully saturated rings. The van der Waals surface area contributed by atoms with Crippen molar-refractivity contribution in [2.75, 3.05) is 13.1 Å². The van der Waals surface area contributed by atoms with Gasteiger partial charge in [-0.25, -0.2) is 0 Å². The SMILES string of the molecule is O=C(CN1C(=O)S/C(=C\c2ccc(OCc3ccc(Br)cc3)cc2)C1=O)N1CCc2ccccc2C1. The molecule has 8 heteroatoms. The van der Waals surface area contributed by atoms with Crippen LogP contribution < -0.4 is 4.74 Å². The fraction of sp³-hybridized carbons (Fsp3) is 0.179. The number of benzene rings is 3. The molecule has 0 unspecified atom stereocenters. The van der Waals surface area contributed by atoms with Gasteiger partial charge in [-0.15, -0.1) is 0 Å². The summed E-state index contributed by atoms with van der Waals surface area (Å²) in [4.78, 5) is 41.4. The highest BCUT2D eigenvalue weighted by Crippen LogP contribution is 2.32. The van der Waals surface area contributed by atoms with Gasteiger partial charge in [-0.1, -0.05) is 64.5 Å². The van der Waals surface area contributed by atoms with Gasteiger partial charge in [0.1, 0.15) is 18.9 Å². The summed E-state index contributed by atoms with van der Waals surface area (Å²) in [6.07, 6.45) is 2.44. The number of rotatable bonds is 6. The van der Waals surface area contributed by atoms with E-state index in [-0.39, 0.29) is 12.5 Å². The average Bonchev–Trinajstić information content (AvgIpc) is 3.16. The first-order valence-electron chi connectivity index (χ1n) is 11.5. The molecule has 5 rings (SSSR count). The number of imide groups is 1. The van der Waals surface area contributed by atoms with E-state index in [9.17, 15) is 14.4 Å². The lowest BCUT2D eigenvalue weighted by molar-refractivity contribution is -0.136. The van der Waals surface area contributed by atoms with E-state index in [2.05, 4.69) is 22.0 Å². The van der Waals surface area contributed by atoms with Gasteiger partial charge >= 0.3 is 0 Å². The Morgan fingerprint density at radius 3 is 2.44 bits per heavy atom. The zero-order chi connectivity index (χ0) is 25.1. The molecule has 0 saturated carbocycles. The molecule has 36 heavy (non-hydrogen) atoms. The van der Waals surface area contributed by atoms with Crippen molar-refractivity contribution in [3.63, 3.8) is 0 Å². The van der Waals surface area contributed by atoms with Gasteiger partial charge in [-0.3, -0.25) is 19.3 Å². The molecule has 0 aliphatic carbocycles. The second kappa shape index (κ2) is 10.7. The van der Waals surface area contributed by atoms with Crippen LogP contribution in [0.2, 0.25) is 0 Å². The van der Waals surface area contributed by atoms with Crippen molar-refractivity contribution in [2.24, 2.45) is 0 Å². The molecular weight excluding hydrogens is 540 g/mol. The van der Waals surface area contributed by atoms with Crippen molar-refractivity contribution >= 4 is 50.8 Å². The van der Waals surface area contributed by atoms with Gasteiger partial charge in [-0.05, 0) is 70.8 Å². The molecule has 0 aromatic heterocycles. The molecule has 182 valence electrons. The summed E-state index contributed by atoms with van der Waals surface area (Å²) >= 11 is 4.28. The Morgan fingerprint density at radius 2 is 1.69 bits per heavy atom. The summed E-state index contributed by atoms with van der Waals surface area (Å²) in [6.45, 7) is 1.28. The van der Waals surface area contributed by atoms with E-state index >= 15 is 0 Å². The summed E-state index contributed by atoms with van der Waals surface area (Å²) in [5, 5.41) is -0.425. The Kier molecular flexibility index (Phi) is 7.25. The van der Waals surface area contributed by atoms with E-state index in [4.69, 9.17) is 4.74 Å². The second-order valence-corrected chi connectivity index (χ2v) is 10.5. The van der Waals surface area contributed by atoms with Crippen LogP contribution in [-0.4, -0.2) is 39.9 Å². The minimum Gasteiger partial charge on any atom is -0.489 e. The lowest BCUT2D eigenvalue weighted by Gasteiger charge is -2.29. The minimum atomic E-state index is -0.439. The maximum atomic E-state index is 12.9. The largest absolute Gasteiger partial charge is 0.489 e. The van der Waals surface area contributed by atoms with Crippen molar-refractivity contribution < 1.29 is 19.1 Å². The lowest BCUT2D eigenvalue weighted by Crippen LogP contribution is -2.44. The van der Waals surface area contributed by atoms with Crippen LogP contribution >= 0.6 is 27.7 Å². The molecule has 6 nitrogen and oxygen atoms in total. The maximum Gasteiger partial charge on any atom is 0.294 e. The summed E-state index contributed by atoms with van der Waals surface area (Å²) < 4.78 is 6.84. The van der Waals surface area contributed by atoms with Gasteiger partial charge in [0.05, 0.1) is 4.91 Å². The van der Waals surface area contributed by atoms with Gasteiger partial charge in [0, 0.05) is 17.6 Å². The number of hydrogen-bond donors (Lipinski definition) is 0. The number of thioether (sulfide) groups is 1. The zero-order valence-corrected chi connectivity index (χ0v) is 21.8. The van der Waals surface area contributed by atoms with Crippen LogP contribution in [0.3, 0.4) is 0 Å². The molecule has 3 aromatic rings. The molecule has 2 heterocycles. The monoisotopic (exact) mass is 562 g/mol. The highest BCUT2D eigenvalue weighted by Gasteiger charge is 2.37. The third kappa shape index (κ3) is 5.55. The molecule has 0 spiro atoms. The number of carbonyl (C=O) groups excluding carboxylic acids is 3. The fourth-order valence-electron chi connectivity index (χ4n) is 4.14. The number of fused-ring (bicyclic) bond motifs is 1. The van der Waals surface area contributed by atoms with Crippen molar-refractivity contribution in [3.8, 4) is 5.75 Å². The number of amides is 3. The van der Waals surface area contributed by atoms with Crippen molar-refractivity contribution in [2.45, 2.75) is 19.6 Å². The van der Waals surface area contributed by atoms with Crippen LogP contribution in [0.25, 0.3) is 6.08 Å². The first-order chi connectivity index (χ1) is 17.5. The quantitative estimate of drug-likeness (QED) is 0.363. The van der Waals surface area contributed by atoms with E-state index in [1.807, 2.05) is 66.7 Å². The molecule has 0 radical (unpaired) electrons. The number of halogens is 1. The number of nitrogens with zero attached hydrogens (tertiary/aromatic N) is 2. The van der Waals surface area contributed by atoms with E-state index < -0.39 is 11.1 Å². The summed E-state index contributed by atoms with van der Waals surface area (Å²) in [6, 6.07) is 23.3. The molecule has 2 aliphatic rings. The molecular formula is C28H23BrN2O4S. The predicted octanol–water partition coefficient (Wildman–Crippen LogP) is 5.65. The van der Waals surface area contributed by atoms with Gasteiger partial charge < -0.3 is 9.64 Å². The summed E-state index contributed by atoms with van der Waals surface area (Å²) in [7, 11) is 0. The van der Waals surface area contributed by atoms with Crippen LogP contribution in [0.5, 0.6) is 5.75 Å². The third-order valence-electron chi connectivity index (χ3n) is 6.15. The van der Waals surface area contributed by atoms with Crippen LogP contribution in [-0.2, 0) is 29.2 Å². The van der Waals surface area contributed by atoms with E-state index in [0.717, 1.165) is 44.2 Å². The topological polar surface area (TPSA) is 66.9 Å². The second-order valence-electron chi connectivity index (χ2n) is 8.59. The Hall–Kier alpha value is -3.36. The molecule has 3 amide bonds. The van der Waals surface area contributed by atoms with Gasteiger partial charge in [0.15, 0.2) is 0 Å². The highest BCUT2D eigenvalue weighted by molar-refractivity contribution is 9.10. The third-order valence-corrected chi connectivity index (χ3v) is 7.58. The normalized spacial score (nSPS) is 16.4. The van der Waals surface area contributed by atoms with Crippen molar-refractivity contribution in [3.05, 3.63) is 104 Å². The summed E-state index contributed by atoms with van der Waals surface area (Å²) in [5.41, 5.74) is 4.17. The van der Waals surface area contributed by atoms with Crippen LogP contribution in [0.1, 0.15) is 22.3 Å². The Morgan fingerprint density at radius 1 is 0.972 bits per heavy atom. The van der Waals surface area contributed by atoms with Crippen molar-refractivity contribution in [1.29, 1.82) is 0 Å². The van der Waals surface area contributed by atoms with E-state index in [0.29, 0.717) is 30.4 Å². The van der Waals surface area contributed by atoms with Crippen molar-refractivity contribution in [1.82, 2.24) is 9.80 Å². The average molecular weight is 563 g/mol. The smallest absolute Gasteiger partial charge is 0.294 e. The Balaban J connectivity index is 1.19. The number of carbonyl (C=O) groups is 3. The molecule has 0 bridgehead atoms. The highest BCUT2D eigenvalue weighted by atomic mass is 79.9. The van der Waals surface area contributed by atoms with E-state index in [1.165, 1.54) is 5.56 Å². The fourth-order valence-corrected chi connectivity index (χ4v) is 5.24. The molecule has 2 aliphatic heterocycles. The Labute approximate surface area is 222 Å². The molecule has 0 N–H and O–H groups in total. The maximum absolute atomic E-state index is 12.9. The number of ether oxygens (including phenoxy) is 1. The lowest BCUT2D eigenvalue weighted by atomic mass is 10.00. The predicted molar refractivity (Wildman–Crippen MR) is 143 cm³/mol. The first-order valence-corrected chi connectivity index (χ1v) is 13.1. The Bertz CT molecular complexity index is 1340. The van der Waals surface area contributed by atoms with Gasteiger partial charge in [-0.2, -0.15) is 0 Å². The minimum absolute atomic E-state index is 0.222. The van der Waals surface area contributed by atoms with Gasteiger partial charge in [0.25, 0.3) is 11.1 Å². The number of hydrogen-bond acceptors (Lipinski definition) is 5. The van der Waals surface area contributed by atoms with Gasteiger partial charge in [0.2, 0.25) is 5.91 Å². The van der Waals surface area contributed by atoms with Crippen LogP contribution in [0, 0.1) is 0 Å². The first kappa shape index (κ1) is 24.3. The molecule has 1 saturated heterocycles. The summed E-state index contributed by atoms with van der Waals surface area (Å²) in [5.74, 6) is 0.0449. The molecule has 0 atom stereocenters. The van der Waals surface area contributed by atoms with Crippen LogP contribution in [0.4, 0.5) is 4.79 Å². The zero-order valence-electron chi connectivity index (χ0n) is 19.4.